The number of amides is 2. The van der Waals surface area contributed by atoms with E-state index in [9.17, 15) is 9.59 Å². The number of piperazine rings is 1. The molecule has 144 valence electrons. The third kappa shape index (κ3) is 5.12. The molecule has 2 aromatic rings. The Bertz CT molecular complexity index is 749. The third-order valence-corrected chi connectivity index (χ3v) is 4.95. The summed E-state index contributed by atoms with van der Waals surface area (Å²) in [4.78, 5) is 28.5. The molecule has 1 saturated heterocycles. The van der Waals surface area contributed by atoms with Gasteiger partial charge in [0.1, 0.15) is 11.5 Å². The third-order valence-electron chi connectivity index (χ3n) is 4.95. The van der Waals surface area contributed by atoms with Crippen LogP contribution >= 0.6 is 0 Å². The summed E-state index contributed by atoms with van der Waals surface area (Å²) < 4.78 is 10.6. The fraction of sp³-hybridized carbons (Fsp3) is 0.429. The highest BCUT2D eigenvalue weighted by atomic mass is 16.5. The number of carbonyl (C=O) groups is 2. The van der Waals surface area contributed by atoms with Crippen LogP contribution < -0.4 is 4.74 Å². The van der Waals surface area contributed by atoms with Crippen LogP contribution in [0.25, 0.3) is 0 Å². The molecule has 0 bridgehead atoms. The molecule has 27 heavy (non-hydrogen) atoms. The highest BCUT2D eigenvalue weighted by Gasteiger charge is 2.24. The number of ether oxygens (including phenoxy) is 1. The molecule has 3 rings (SSSR count). The number of hydrogen-bond donors (Lipinski definition) is 0. The lowest BCUT2D eigenvalue weighted by Crippen LogP contribution is -2.50. The van der Waals surface area contributed by atoms with E-state index in [4.69, 9.17) is 9.15 Å². The summed E-state index contributed by atoms with van der Waals surface area (Å²) in [5, 5.41) is 0. The van der Waals surface area contributed by atoms with Crippen LogP contribution in [0.1, 0.15) is 24.2 Å². The van der Waals surface area contributed by atoms with Crippen LogP contribution in [0, 0.1) is 0 Å². The van der Waals surface area contributed by atoms with Crippen molar-refractivity contribution in [1.82, 2.24) is 9.80 Å². The number of para-hydroxylation sites is 1. The molecule has 0 radical (unpaired) electrons. The van der Waals surface area contributed by atoms with Gasteiger partial charge in [0.2, 0.25) is 11.8 Å². The van der Waals surface area contributed by atoms with Crippen molar-refractivity contribution >= 4 is 11.8 Å². The molecule has 1 aromatic carbocycles. The molecule has 0 unspecified atom stereocenters. The van der Waals surface area contributed by atoms with Gasteiger partial charge in [-0.2, -0.15) is 0 Å². The number of nitrogens with zero attached hydrogens (tertiary/aromatic N) is 2. The average Bonchev–Trinajstić information content (AvgIpc) is 3.24. The number of benzene rings is 1. The van der Waals surface area contributed by atoms with Crippen LogP contribution in [0.4, 0.5) is 0 Å². The Labute approximate surface area is 159 Å². The Kier molecular flexibility index (Phi) is 6.52. The maximum atomic E-state index is 12.5. The van der Waals surface area contributed by atoms with E-state index >= 15 is 0 Å². The Morgan fingerprint density at radius 3 is 2.15 bits per heavy atom. The number of hydrogen-bond acceptors (Lipinski definition) is 4. The minimum absolute atomic E-state index is 0.118. The molecular weight excluding hydrogens is 344 g/mol. The van der Waals surface area contributed by atoms with Gasteiger partial charge < -0.3 is 19.0 Å². The van der Waals surface area contributed by atoms with Gasteiger partial charge in [-0.15, -0.1) is 0 Å². The maximum absolute atomic E-state index is 12.5. The molecule has 1 aliphatic rings. The SMILES string of the molecule is COc1ccccc1CCC(=O)N1CCN(C(=O)CCc2ccco2)CC1. The highest BCUT2D eigenvalue weighted by Crippen LogP contribution is 2.19. The predicted octanol–water partition coefficient (Wildman–Crippen LogP) is 2.52. The van der Waals surface area contributed by atoms with Crippen LogP contribution in [0.15, 0.2) is 47.1 Å². The normalized spacial score (nSPS) is 14.3. The van der Waals surface area contributed by atoms with Crippen LogP contribution in [-0.4, -0.2) is 54.9 Å². The lowest BCUT2D eigenvalue weighted by molar-refractivity contribution is -0.139. The van der Waals surface area contributed by atoms with Gasteiger partial charge in [0.15, 0.2) is 0 Å². The Morgan fingerprint density at radius 2 is 1.56 bits per heavy atom. The van der Waals surface area contributed by atoms with E-state index in [1.807, 2.05) is 46.2 Å². The van der Waals surface area contributed by atoms with Gasteiger partial charge in [-0.3, -0.25) is 9.59 Å². The monoisotopic (exact) mass is 370 g/mol. The second-order valence-electron chi connectivity index (χ2n) is 6.65. The number of furan rings is 1. The van der Waals surface area contributed by atoms with Crippen molar-refractivity contribution in [2.45, 2.75) is 25.7 Å². The first-order chi connectivity index (χ1) is 13.2. The average molecular weight is 370 g/mol. The molecule has 6 nitrogen and oxygen atoms in total. The first kappa shape index (κ1) is 19.0. The van der Waals surface area contributed by atoms with Crippen LogP contribution in [0.5, 0.6) is 5.75 Å². The van der Waals surface area contributed by atoms with E-state index in [-0.39, 0.29) is 11.8 Å². The highest BCUT2D eigenvalue weighted by molar-refractivity contribution is 5.78. The molecule has 2 amide bonds. The van der Waals surface area contributed by atoms with E-state index in [0.717, 1.165) is 17.1 Å². The number of carbonyl (C=O) groups excluding carboxylic acids is 2. The second kappa shape index (κ2) is 9.26. The lowest BCUT2D eigenvalue weighted by atomic mass is 10.1. The molecule has 1 aliphatic heterocycles. The van der Waals surface area contributed by atoms with Crippen molar-refractivity contribution in [2.24, 2.45) is 0 Å². The van der Waals surface area contributed by atoms with Gasteiger partial charge in [0, 0.05) is 45.4 Å². The van der Waals surface area contributed by atoms with Crippen LogP contribution in [-0.2, 0) is 22.4 Å². The number of rotatable bonds is 7. The molecule has 0 saturated carbocycles. The Hall–Kier alpha value is -2.76. The topological polar surface area (TPSA) is 63.0 Å². The van der Waals surface area contributed by atoms with E-state index in [1.165, 1.54) is 0 Å². The Morgan fingerprint density at radius 1 is 0.926 bits per heavy atom. The zero-order valence-electron chi connectivity index (χ0n) is 15.7. The van der Waals surface area contributed by atoms with Gasteiger partial charge in [0.05, 0.1) is 13.4 Å². The largest absolute Gasteiger partial charge is 0.496 e. The van der Waals surface area contributed by atoms with Crippen molar-refractivity contribution < 1.29 is 18.7 Å². The molecule has 0 spiro atoms. The maximum Gasteiger partial charge on any atom is 0.223 e. The van der Waals surface area contributed by atoms with E-state index < -0.39 is 0 Å². The summed E-state index contributed by atoms with van der Waals surface area (Å²) in [6, 6.07) is 11.5. The van der Waals surface area contributed by atoms with Gasteiger partial charge in [-0.05, 0) is 30.2 Å². The minimum atomic E-state index is 0.118. The van der Waals surface area contributed by atoms with Crippen molar-refractivity contribution in [3.63, 3.8) is 0 Å². The molecule has 1 fully saturated rings. The number of methoxy groups -OCH3 is 1. The van der Waals surface area contributed by atoms with Gasteiger partial charge >= 0.3 is 0 Å². The van der Waals surface area contributed by atoms with Crippen molar-refractivity contribution in [3.8, 4) is 5.75 Å². The fourth-order valence-corrected chi connectivity index (χ4v) is 3.36. The number of aryl methyl sites for hydroxylation is 2. The van der Waals surface area contributed by atoms with E-state index in [1.54, 1.807) is 13.4 Å². The van der Waals surface area contributed by atoms with Crippen molar-refractivity contribution in [2.75, 3.05) is 33.3 Å². The molecule has 0 N–H and O–H groups in total. The second-order valence-corrected chi connectivity index (χ2v) is 6.65. The van der Waals surface area contributed by atoms with E-state index in [2.05, 4.69) is 0 Å². The van der Waals surface area contributed by atoms with Gasteiger partial charge in [-0.1, -0.05) is 18.2 Å². The molecule has 2 heterocycles. The van der Waals surface area contributed by atoms with Crippen LogP contribution in [0.3, 0.4) is 0 Å². The summed E-state index contributed by atoms with van der Waals surface area (Å²) in [6.45, 7) is 2.38. The Balaban J connectivity index is 1.41. The van der Waals surface area contributed by atoms with Crippen molar-refractivity contribution in [1.29, 1.82) is 0 Å². The van der Waals surface area contributed by atoms with E-state index in [0.29, 0.717) is 51.9 Å². The molecule has 0 atom stereocenters. The molecule has 0 aliphatic carbocycles. The smallest absolute Gasteiger partial charge is 0.223 e. The summed E-state index contributed by atoms with van der Waals surface area (Å²) in [6.07, 6.45) is 3.78. The summed E-state index contributed by atoms with van der Waals surface area (Å²) in [5.41, 5.74) is 1.04. The molecule has 1 aromatic heterocycles. The summed E-state index contributed by atoms with van der Waals surface area (Å²) >= 11 is 0. The zero-order chi connectivity index (χ0) is 19.1. The van der Waals surface area contributed by atoms with Gasteiger partial charge in [0.25, 0.3) is 0 Å². The zero-order valence-corrected chi connectivity index (χ0v) is 15.7. The van der Waals surface area contributed by atoms with Crippen molar-refractivity contribution in [3.05, 3.63) is 54.0 Å². The predicted molar refractivity (Wildman–Crippen MR) is 102 cm³/mol. The fourth-order valence-electron chi connectivity index (χ4n) is 3.36. The quantitative estimate of drug-likeness (QED) is 0.751. The van der Waals surface area contributed by atoms with Gasteiger partial charge in [-0.25, -0.2) is 0 Å². The minimum Gasteiger partial charge on any atom is -0.496 e. The summed E-state index contributed by atoms with van der Waals surface area (Å²) in [5.74, 6) is 1.89. The first-order valence-electron chi connectivity index (χ1n) is 9.37. The molecular formula is C21H26N2O4. The summed E-state index contributed by atoms with van der Waals surface area (Å²) in [7, 11) is 1.64. The lowest BCUT2D eigenvalue weighted by Gasteiger charge is -2.35. The first-order valence-corrected chi connectivity index (χ1v) is 9.37. The molecule has 6 heteroatoms. The standard InChI is InChI=1S/C21H26N2O4/c1-26-19-7-3-2-5-17(19)8-10-20(24)22-12-14-23(15-13-22)21(25)11-9-18-6-4-16-27-18/h2-7,16H,8-15H2,1H3. The van der Waals surface area contributed by atoms with Crippen LogP contribution in [0.2, 0.25) is 0 Å².